The van der Waals surface area contributed by atoms with E-state index >= 15 is 0 Å². The van der Waals surface area contributed by atoms with Crippen molar-refractivity contribution in [2.45, 2.75) is 18.9 Å². The van der Waals surface area contributed by atoms with Crippen molar-refractivity contribution in [3.05, 3.63) is 108 Å². The first-order valence-electron chi connectivity index (χ1n) is 11.8. The lowest BCUT2D eigenvalue weighted by molar-refractivity contribution is -0.159. The molecule has 0 saturated heterocycles. The normalized spacial score (nSPS) is 16.8. The molecule has 1 N–H and O–H groups in total. The molecule has 0 radical (unpaired) electrons. The Hall–Kier alpha value is -4.16. The Kier molecular flexibility index (Phi) is 7.98. The van der Waals surface area contributed by atoms with Crippen molar-refractivity contribution in [3.63, 3.8) is 0 Å². The predicted molar refractivity (Wildman–Crippen MR) is 138 cm³/mol. The summed E-state index contributed by atoms with van der Waals surface area (Å²) in [6, 6.07) is 24.6. The van der Waals surface area contributed by atoms with E-state index in [9.17, 15) is 14.7 Å². The highest BCUT2D eigenvalue weighted by Crippen LogP contribution is 2.30. The Morgan fingerprint density at radius 2 is 1.53 bits per heavy atom. The molecule has 3 aromatic rings. The van der Waals surface area contributed by atoms with Crippen LogP contribution in [0.3, 0.4) is 0 Å². The number of carbonyl (C=O) groups excluding carboxylic acids is 1. The highest BCUT2D eigenvalue weighted by molar-refractivity contribution is 5.90. The minimum absolute atomic E-state index is 0.127. The van der Waals surface area contributed by atoms with Crippen molar-refractivity contribution < 1.29 is 28.9 Å². The fourth-order valence-corrected chi connectivity index (χ4v) is 3.93. The maximum atomic E-state index is 12.0. The topological polar surface area (TPSA) is 82.1 Å². The fraction of sp³-hybridized carbons (Fsp3) is 0.200. The van der Waals surface area contributed by atoms with Gasteiger partial charge in [-0.2, -0.15) is 0 Å². The van der Waals surface area contributed by atoms with E-state index in [1.54, 1.807) is 31.2 Å². The SMILES string of the molecule is CCOC(=O)c1ccc(-c2ccc(OCCOC3(C(=O)O)C=CC(c4ccccc4)=CC3)cc2)cc1. The lowest BCUT2D eigenvalue weighted by Crippen LogP contribution is -2.41. The molecule has 1 aliphatic carbocycles. The van der Waals surface area contributed by atoms with E-state index in [0.717, 1.165) is 22.3 Å². The van der Waals surface area contributed by atoms with Gasteiger partial charge in [-0.3, -0.25) is 0 Å². The zero-order chi connectivity index (χ0) is 25.4. The number of carboxylic acids is 1. The molecule has 0 aromatic heterocycles. The van der Waals surface area contributed by atoms with E-state index in [1.165, 1.54) is 0 Å². The Morgan fingerprint density at radius 3 is 2.11 bits per heavy atom. The average Bonchev–Trinajstić information content (AvgIpc) is 2.92. The molecule has 36 heavy (non-hydrogen) atoms. The van der Waals surface area contributed by atoms with Gasteiger partial charge in [-0.05, 0) is 59.5 Å². The van der Waals surface area contributed by atoms with Gasteiger partial charge in [0.05, 0.1) is 18.8 Å². The van der Waals surface area contributed by atoms with E-state index in [-0.39, 0.29) is 25.6 Å². The van der Waals surface area contributed by atoms with Crippen LogP contribution in [-0.2, 0) is 14.3 Å². The summed E-state index contributed by atoms with van der Waals surface area (Å²) >= 11 is 0. The van der Waals surface area contributed by atoms with E-state index in [1.807, 2.05) is 72.8 Å². The number of aliphatic carboxylic acids is 1. The van der Waals surface area contributed by atoms with Crippen LogP contribution in [0, 0.1) is 0 Å². The van der Waals surface area contributed by atoms with Crippen molar-refractivity contribution in [1.82, 2.24) is 0 Å². The standard InChI is InChI=1S/C30H28O6/c1-2-34-28(31)26-10-8-23(9-11-26)24-12-14-27(15-13-24)35-20-21-36-30(29(32)33)18-16-25(17-19-30)22-6-4-3-5-7-22/h3-18H,2,19-21H2,1H3,(H,32,33). The molecule has 0 fully saturated rings. The molecular formula is C30H28O6. The minimum Gasteiger partial charge on any atom is -0.491 e. The van der Waals surface area contributed by atoms with Gasteiger partial charge in [0.25, 0.3) is 0 Å². The summed E-state index contributed by atoms with van der Waals surface area (Å²) in [6.07, 6.45) is 5.54. The number of esters is 1. The van der Waals surface area contributed by atoms with E-state index < -0.39 is 11.6 Å². The molecule has 184 valence electrons. The summed E-state index contributed by atoms with van der Waals surface area (Å²) in [6.45, 7) is 2.46. The van der Waals surface area contributed by atoms with Crippen molar-refractivity contribution in [1.29, 1.82) is 0 Å². The number of hydrogen-bond donors (Lipinski definition) is 1. The Balaban J connectivity index is 1.29. The summed E-state index contributed by atoms with van der Waals surface area (Å²) in [5.74, 6) is -0.711. The van der Waals surface area contributed by atoms with Gasteiger partial charge in [0.15, 0.2) is 5.60 Å². The molecule has 0 amide bonds. The predicted octanol–water partition coefficient (Wildman–Crippen LogP) is 5.79. The lowest BCUT2D eigenvalue weighted by atomic mass is 9.89. The van der Waals surface area contributed by atoms with Crippen LogP contribution in [0.2, 0.25) is 0 Å². The first kappa shape index (κ1) is 24.9. The number of carbonyl (C=O) groups is 2. The number of benzene rings is 3. The average molecular weight is 485 g/mol. The molecule has 1 unspecified atom stereocenters. The molecule has 3 aromatic carbocycles. The zero-order valence-corrected chi connectivity index (χ0v) is 20.1. The number of allylic oxidation sites excluding steroid dienone is 2. The molecular weight excluding hydrogens is 456 g/mol. The second-order valence-corrected chi connectivity index (χ2v) is 8.28. The lowest BCUT2D eigenvalue weighted by Gasteiger charge is -2.28. The van der Waals surface area contributed by atoms with Gasteiger partial charge in [0.2, 0.25) is 0 Å². The zero-order valence-electron chi connectivity index (χ0n) is 20.1. The summed E-state index contributed by atoms with van der Waals surface area (Å²) in [5, 5.41) is 9.80. The third-order valence-corrected chi connectivity index (χ3v) is 5.92. The van der Waals surface area contributed by atoms with Crippen LogP contribution in [0.15, 0.2) is 97.1 Å². The second kappa shape index (κ2) is 11.5. The maximum absolute atomic E-state index is 12.0. The van der Waals surface area contributed by atoms with Gasteiger partial charge < -0.3 is 19.3 Å². The third kappa shape index (κ3) is 5.90. The highest BCUT2D eigenvalue weighted by atomic mass is 16.6. The monoisotopic (exact) mass is 484 g/mol. The van der Waals surface area contributed by atoms with Gasteiger partial charge in [0, 0.05) is 6.42 Å². The summed E-state index contributed by atoms with van der Waals surface area (Å²) in [4.78, 5) is 23.8. The third-order valence-electron chi connectivity index (χ3n) is 5.92. The van der Waals surface area contributed by atoms with Crippen LogP contribution in [0.1, 0.15) is 29.3 Å². The number of carboxylic acid groups (broad SMARTS) is 1. The van der Waals surface area contributed by atoms with Gasteiger partial charge in [0.1, 0.15) is 12.4 Å². The van der Waals surface area contributed by atoms with Crippen LogP contribution >= 0.6 is 0 Å². The van der Waals surface area contributed by atoms with Crippen LogP contribution in [0.4, 0.5) is 0 Å². The van der Waals surface area contributed by atoms with E-state index in [4.69, 9.17) is 14.2 Å². The van der Waals surface area contributed by atoms with Crippen molar-refractivity contribution >= 4 is 17.5 Å². The van der Waals surface area contributed by atoms with Gasteiger partial charge in [-0.25, -0.2) is 9.59 Å². The van der Waals surface area contributed by atoms with Crippen LogP contribution in [0.5, 0.6) is 5.75 Å². The summed E-state index contributed by atoms with van der Waals surface area (Å²) in [7, 11) is 0. The Bertz CT molecular complexity index is 1240. The molecule has 6 nitrogen and oxygen atoms in total. The number of rotatable bonds is 10. The van der Waals surface area contributed by atoms with Crippen LogP contribution in [0.25, 0.3) is 16.7 Å². The molecule has 0 saturated carbocycles. The quantitative estimate of drug-likeness (QED) is 0.290. The van der Waals surface area contributed by atoms with E-state index in [0.29, 0.717) is 17.9 Å². The summed E-state index contributed by atoms with van der Waals surface area (Å²) < 4.78 is 16.6. The van der Waals surface area contributed by atoms with Crippen molar-refractivity contribution in [2.75, 3.05) is 19.8 Å². The highest BCUT2D eigenvalue weighted by Gasteiger charge is 2.37. The minimum atomic E-state index is -1.40. The Morgan fingerprint density at radius 1 is 0.861 bits per heavy atom. The molecule has 4 rings (SSSR count). The molecule has 6 heteroatoms. The molecule has 0 bridgehead atoms. The largest absolute Gasteiger partial charge is 0.491 e. The van der Waals surface area contributed by atoms with Crippen LogP contribution in [-0.4, -0.2) is 42.5 Å². The van der Waals surface area contributed by atoms with Gasteiger partial charge in [-0.1, -0.05) is 66.7 Å². The van der Waals surface area contributed by atoms with Crippen molar-refractivity contribution in [2.24, 2.45) is 0 Å². The van der Waals surface area contributed by atoms with Gasteiger partial charge >= 0.3 is 11.9 Å². The second-order valence-electron chi connectivity index (χ2n) is 8.28. The van der Waals surface area contributed by atoms with Crippen LogP contribution < -0.4 is 4.74 Å². The summed E-state index contributed by atoms with van der Waals surface area (Å²) in [5.41, 5.74) is 3.07. The molecule has 1 atom stereocenters. The molecule has 0 heterocycles. The number of hydrogen-bond acceptors (Lipinski definition) is 5. The number of ether oxygens (including phenoxy) is 3. The van der Waals surface area contributed by atoms with E-state index in [2.05, 4.69) is 0 Å². The smallest absolute Gasteiger partial charge is 0.340 e. The molecule has 0 spiro atoms. The molecule has 1 aliphatic rings. The first-order chi connectivity index (χ1) is 17.5. The van der Waals surface area contributed by atoms with Crippen molar-refractivity contribution in [3.8, 4) is 16.9 Å². The molecule has 0 aliphatic heterocycles. The van der Waals surface area contributed by atoms with Gasteiger partial charge in [-0.15, -0.1) is 0 Å². The maximum Gasteiger partial charge on any atom is 0.340 e. The first-order valence-corrected chi connectivity index (χ1v) is 11.8. The fourth-order valence-electron chi connectivity index (χ4n) is 3.93. The Labute approximate surface area is 210 Å².